The topological polar surface area (TPSA) is 98.9 Å². The molecule has 3 heterocycles. The Hall–Kier alpha value is -3.36. The lowest BCUT2D eigenvalue weighted by Gasteiger charge is -2.19. The number of aromatic nitrogens is 5. The molecule has 2 N–H and O–H groups in total. The molecule has 9 nitrogen and oxygen atoms in total. The van der Waals surface area contributed by atoms with Crippen molar-refractivity contribution in [3.63, 3.8) is 0 Å². The third-order valence-corrected chi connectivity index (χ3v) is 4.05. The Labute approximate surface area is 170 Å². The van der Waals surface area contributed by atoms with Gasteiger partial charge in [-0.1, -0.05) is 0 Å². The van der Waals surface area contributed by atoms with Gasteiger partial charge in [0.2, 0.25) is 0 Å². The Morgan fingerprint density at radius 1 is 1.00 bits per heavy atom. The lowest BCUT2D eigenvalue weighted by atomic mass is 10.2. The molecule has 0 aliphatic carbocycles. The summed E-state index contributed by atoms with van der Waals surface area (Å²) >= 11 is 0. The molecular weight excluding hydrogens is 370 g/mol. The molecule has 154 valence electrons. The van der Waals surface area contributed by atoms with Crippen LogP contribution >= 0.6 is 0 Å². The summed E-state index contributed by atoms with van der Waals surface area (Å²) in [5, 5.41) is 6.06. The zero-order chi connectivity index (χ0) is 21.0. The highest BCUT2D eigenvalue weighted by atomic mass is 16.6. The number of pyridine rings is 1. The largest absolute Gasteiger partial charge is 0.444 e. The molecule has 0 radical (unpaired) electrons. The molecule has 0 fully saturated rings. The van der Waals surface area contributed by atoms with Crippen molar-refractivity contribution in [1.82, 2.24) is 29.4 Å². The molecule has 0 bridgehead atoms. The third kappa shape index (κ3) is 5.34. The first-order valence-electron chi connectivity index (χ1n) is 9.41. The predicted molar refractivity (Wildman–Crippen MR) is 111 cm³/mol. The van der Waals surface area contributed by atoms with Crippen LogP contribution in [0.5, 0.6) is 0 Å². The lowest BCUT2D eigenvalue weighted by Crippen LogP contribution is -2.35. The number of rotatable bonds is 6. The number of imidazole rings is 2. The number of hydrogen-bond donors (Lipinski definition) is 2. The Kier molecular flexibility index (Phi) is 5.86. The summed E-state index contributed by atoms with van der Waals surface area (Å²) in [5.41, 5.74) is 1.82. The molecule has 3 aromatic heterocycles. The fourth-order valence-corrected chi connectivity index (χ4v) is 2.77. The van der Waals surface area contributed by atoms with Gasteiger partial charge >= 0.3 is 6.09 Å². The summed E-state index contributed by atoms with van der Waals surface area (Å²) in [4.78, 5) is 25.3. The number of anilines is 1. The van der Waals surface area contributed by atoms with E-state index in [4.69, 9.17) is 9.72 Å². The normalized spacial score (nSPS) is 11.3. The van der Waals surface area contributed by atoms with Gasteiger partial charge in [0.05, 0.1) is 0 Å². The van der Waals surface area contributed by atoms with Crippen molar-refractivity contribution in [2.24, 2.45) is 14.1 Å². The molecular formula is C20H27N7O2. The number of amides is 1. The first-order chi connectivity index (χ1) is 13.7. The number of nitrogens with zero attached hydrogens (tertiary/aromatic N) is 5. The zero-order valence-electron chi connectivity index (χ0n) is 17.4. The van der Waals surface area contributed by atoms with E-state index in [2.05, 4.69) is 20.6 Å². The molecule has 0 atom stereocenters. The van der Waals surface area contributed by atoms with Crippen molar-refractivity contribution in [3.8, 4) is 23.0 Å². The minimum Gasteiger partial charge on any atom is -0.444 e. The number of aryl methyl sites for hydroxylation is 2. The number of hydrogen-bond acceptors (Lipinski definition) is 6. The van der Waals surface area contributed by atoms with Gasteiger partial charge in [0, 0.05) is 57.7 Å². The van der Waals surface area contributed by atoms with Gasteiger partial charge < -0.3 is 24.5 Å². The van der Waals surface area contributed by atoms with Crippen molar-refractivity contribution in [1.29, 1.82) is 0 Å². The average Bonchev–Trinajstić information content (AvgIpc) is 3.25. The lowest BCUT2D eigenvalue weighted by molar-refractivity contribution is 0.0530. The zero-order valence-corrected chi connectivity index (χ0v) is 17.4. The summed E-state index contributed by atoms with van der Waals surface area (Å²) in [6, 6.07) is 3.87. The molecule has 29 heavy (non-hydrogen) atoms. The second-order valence-electron chi connectivity index (χ2n) is 7.71. The quantitative estimate of drug-likeness (QED) is 0.621. The molecule has 9 heteroatoms. The number of carbonyl (C=O) groups is 1. The number of alkyl carbamates (subject to hydrolysis) is 1. The minimum absolute atomic E-state index is 0.423. The van der Waals surface area contributed by atoms with Gasteiger partial charge in [-0.25, -0.2) is 19.7 Å². The molecule has 0 aliphatic rings. The van der Waals surface area contributed by atoms with Crippen LogP contribution in [0.15, 0.2) is 36.9 Å². The van der Waals surface area contributed by atoms with Gasteiger partial charge in [-0.05, 0) is 32.9 Å². The maximum Gasteiger partial charge on any atom is 0.407 e. The number of nitrogens with one attached hydrogen (secondary N) is 2. The first-order valence-corrected chi connectivity index (χ1v) is 9.41. The van der Waals surface area contributed by atoms with Crippen LogP contribution in [0, 0.1) is 0 Å². The summed E-state index contributed by atoms with van der Waals surface area (Å²) < 4.78 is 9.07. The van der Waals surface area contributed by atoms with Crippen LogP contribution < -0.4 is 10.6 Å². The maximum atomic E-state index is 11.8. The summed E-state index contributed by atoms with van der Waals surface area (Å²) in [6.45, 7) is 6.45. The van der Waals surface area contributed by atoms with Gasteiger partial charge in [-0.3, -0.25) is 0 Å². The van der Waals surface area contributed by atoms with Crippen molar-refractivity contribution < 1.29 is 9.53 Å². The van der Waals surface area contributed by atoms with E-state index < -0.39 is 11.7 Å². The Balaban J connectivity index is 1.75. The van der Waals surface area contributed by atoms with Gasteiger partial charge in [0.25, 0.3) is 0 Å². The van der Waals surface area contributed by atoms with Crippen molar-refractivity contribution in [2.75, 3.05) is 18.4 Å². The second-order valence-corrected chi connectivity index (χ2v) is 7.71. The molecule has 0 spiro atoms. The maximum absolute atomic E-state index is 11.8. The van der Waals surface area contributed by atoms with Crippen LogP contribution in [-0.4, -0.2) is 48.9 Å². The van der Waals surface area contributed by atoms with E-state index in [1.807, 2.05) is 68.5 Å². The van der Waals surface area contributed by atoms with Crippen molar-refractivity contribution in [3.05, 3.63) is 36.9 Å². The Bertz CT molecular complexity index is 926. The SMILES string of the molecule is Cn1ccnc1-c1cc(NCCNC(=O)OC(C)(C)C)cc(-c2nccn2C)n1. The van der Waals surface area contributed by atoms with Crippen LogP contribution in [0.2, 0.25) is 0 Å². The third-order valence-electron chi connectivity index (χ3n) is 4.05. The van der Waals surface area contributed by atoms with E-state index in [0.29, 0.717) is 13.1 Å². The molecule has 3 rings (SSSR count). The standard InChI is InChI=1S/C20H27N7O2/c1-20(2,3)29-19(28)24-7-6-21-14-12-15(17-22-8-10-26(17)4)25-16(13-14)18-23-9-11-27(18)5/h8-13H,6-7H2,1-5H3,(H,21,25)(H,24,28). The smallest absolute Gasteiger partial charge is 0.407 e. The second kappa shape index (κ2) is 8.34. The van der Waals surface area contributed by atoms with Crippen molar-refractivity contribution in [2.45, 2.75) is 26.4 Å². The van der Waals surface area contributed by atoms with Crippen LogP contribution in [0.25, 0.3) is 23.0 Å². The fourth-order valence-electron chi connectivity index (χ4n) is 2.77. The van der Waals surface area contributed by atoms with Gasteiger partial charge in [0.15, 0.2) is 11.6 Å². The Morgan fingerprint density at radius 2 is 1.55 bits per heavy atom. The summed E-state index contributed by atoms with van der Waals surface area (Å²) in [6.07, 6.45) is 6.80. The molecule has 3 aromatic rings. The van der Waals surface area contributed by atoms with Crippen LogP contribution in [0.4, 0.5) is 10.5 Å². The van der Waals surface area contributed by atoms with E-state index in [1.54, 1.807) is 12.4 Å². The molecule has 0 aromatic carbocycles. The predicted octanol–water partition coefficient (Wildman–Crippen LogP) is 2.82. The highest BCUT2D eigenvalue weighted by Gasteiger charge is 2.16. The van der Waals surface area contributed by atoms with Crippen molar-refractivity contribution >= 4 is 11.8 Å². The summed E-state index contributed by atoms with van der Waals surface area (Å²) in [5.74, 6) is 1.52. The van der Waals surface area contributed by atoms with Gasteiger partial charge in [-0.2, -0.15) is 0 Å². The molecule has 0 aliphatic heterocycles. The molecule has 0 saturated heterocycles. The van der Waals surface area contributed by atoms with Crippen LogP contribution in [0.1, 0.15) is 20.8 Å². The Morgan fingerprint density at radius 3 is 2.00 bits per heavy atom. The minimum atomic E-state index is -0.517. The van der Waals surface area contributed by atoms with Crippen LogP contribution in [0.3, 0.4) is 0 Å². The van der Waals surface area contributed by atoms with E-state index in [-0.39, 0.29) is 0 Å². The van der Waals surface area contributed by atoms with Gasteiger partial charge in [-0.15, -0.1) is 0 Å². The molecule has 1 amide bonds. The average molecular weight is 397 g/mol. The van der Waals surface area contributed by atoms with E-state index in [0.717, 1.165) is 28.7 Å². The van der Waals surface area contributed by atoms with E-state index >= 15 is 0 Å². The van der Waals surface area contributed by atoms with Crippen LogP contribution in [-0.2, 0) is 18.8 Å². The highest BCUT2D eigenvalue weighted by molar-refractivity contribution is 5.68. The number of carbonyl (C=O) groups excluding carboxylic acids is 1. The number of ether oxygens (including phenoxy) is 1. The molecule has 0 saturated carbocycles. The monoisotopic (exact) mass is 397 g/mol. The van der Waals surface area contributed by atoms with Gasteiger partial charge in [0.1, 0.15) is 17.0 Å². The summed E-state index contributed by atoms with van der Waals surface area (Å²) in [7, 11) is 3.85. The first kappa shape index (κ1) is 20.4. The molecule has 0 unspecified atom stereocenters. The van der Waals surface area contributed by atoms with E-state index in [1.165, 1.54) is 0 Å². The van der Waals surface area contributed by atoms with E-state index in [9.17, 15) is 4.79 Å². The highest BCUT2D eigenvalue weighted by Crippen LogP contribution is 2.25. The fraction of sp³-hybridized carbons (Fsp3) is 0.400.